The number of hydrogen-bond donors (Lipinski definition) is 1. The van der Waals surface area contributed by atoms with Crippen LogP contribution in [0.25, 0.3) is 0 Å². The summed E-state index contributed by atoms with van der Waals surface area (Å²) in [5, 5.41) is 8.85. The molecular formula is C16H19NO5. The number of carbonyl (C=O) groups is 3. The molecule has 1 aliphatic heterocycles. The fourth-order valence-corrected chi connectivity index (χ4v) is 2.52. The number of piperidine rings is 1. The van der Waals surface area contributed by atoms with Crippen molar-refractivity contribution in [2.45, 2.75) is 19.8 Å². The molecule has 6 nitrogen and oxygen atoms in total. The molecule has 0 bridgehead atoms. The Hall–Kier alpha value is -2.37. The number of benzene rings is 1. The smallest absolute Gasteiger partial charge is 0.335 e. The molecule has 1 N–H and O–H groups in total. The Kier molecular flexibility index (Phi) is 5.14. The Labute approximate surface area is 128 Å². The number of aromatic carboxylic acids is 1. The maximum atomic E-state index is 12.3. The number of likely N-dealkylation sites (tertiary alicyclic amines) is 1. The van der Waals surface area contributed by atoms with E-state index in [1.165, 1.54) is 24.3 Å². The highest BCUT2D eigenvalue weighted by molar-refractivity contribution is 5.96. The molecule has 1 saturated heterocycles. The number of carboxylic acid groups (broad SMARTS) is 1. The van der Waals surface area contributed by atoms with Crippen molar-refractivity contribution in [1.82, 2.24) is 4.90 Å². The van der Waals surface area contributed by atoms with Crippen molar-refractivity contribution in [3.05, 3.63) is 35.4 Å². The SMILES string of the molecule is CCOC(=O)C1CCN(C(=O)c2ccc(C(=O)O)cc2)CC1. The van der Waals surface area contributed by atoms with Crippen LogP contribution < -0.4 is 0 Å². The zero-order valence-electron chi connectivity index (χ0n) is 12.4. The van der Waals surface area contributed by atoms with Crippen LogP contribution in [-0.4, -0.2) is 47.5 Å². The van der Waals surface area contributed by atoms with Crippen LogP contribution in [0.5, 0.6) is 0 Å². The van der Waals surface area contributed by atoms with Crippen LogP contribution in [0.2, 0.25) is 0 Å². The van der Waals surface area contributed by atoms with E-state index in [0.717, 1.165) is 0 Å². The summed E-state index contributed by atoms with van der Waals surface area (Å²) >= 11 is 0. The molecule has 6 heteroatoms. The Bertz CT molecular complexity index is 558. The number of amides is 1. The zero-order valence-corrected chi connectivity index (χ0v) is 12.4. The Balaban J connectivity index is 1.94. The van der Waals surface area contributed by atoms with E-state index in [1.807, 2.05) is 0 Å². The lowest BCUT2D eigenvalue weighted by molar-refractivity contribution is -0.149. The third-order valence-electron chi connectivity index (χ3n) is 3.78. The number of rotatable bonds is 4. The standard InChI is InChI=1S/C16H19NO5/c1-2-22-16(21)13-7-9-17(10-8-13)14(18)11-3-5-12(6-4-11)15(19)20/h3-6,13H,2,7-10H2,1H3,(H,19,20). The van der Waals surface area contributed by atoms with Gasteiger partial charge >= 0.3 is 11.9 Å². The summed E-state index contributed by atoms with van der Waals surface area (Å²) in [7, 11) is 0. The number of carbonyl (C=O) groups excluding carboxylic acids is 2. The van der Waals surface area contributed by atoms with Gasteiger partial charge in [0, 0.05) is 18.7 Å². The van der Waals surface area contributed by atoms with Gasteiger partial charge in [0.25, 0.3) is 5.91 Å². The second-order valence-electron chi connectivity index (χ2n) is 5.20. The first-order valence-electron chi connectivity index (χ1n) is 7.32. The molecule has 0 aliphatic carbocycles. The van der Waals surface area contributed by atoms with Crippen LogP contribution in [0.15, 0.2) is 24.3 Å². The van der Waals surface area contributed by atoms with Gasteiger partial charge < -0.3 is 14.7 Å². The predicted octanol–water partition coefficient (Wildman–Crippen LogP) is 1.80. The average molecular weight is 305 g/mol. The molecule has 1 amide bonds. The van der Waals surface area contributed by atoms with E-state index in [2.05, 4.69) is 0 Å². The zero-order chi connectivity index (χ0) is 16.1. The van der Waals surface area contributed by atoms with E-state index in [9.17, 15) is 14.4 Å². The number of ether oxygens (including phenoxy) is 1. The van der Waals surface area contributed by atoms with E-state index >= 15 is 0 Å². The number of carboxylic acids is 1. The molecule has 118 valence electrons. The molecule has 0 spiro atoms. The fourth-order valence-electron chi connectivity index (χ4n) is 2.52. The van der Waals surface area contributed by atoms with Gasteiger partial charge in [-0.2, -0.15) is 0 Å². The molecule has 0 radical (unpaired) electrons. The van der Waals surface area contributed by atoms with Crippen LogP contribution in [0, 0.1) is 5.92 Å². The molecule has 0 atom stereocenters. The number of nitrogens with zero attached hydrogens (tertiary/aromatic N) is 1. The largest absolute Gasteiger partial charge is 0.478 e. The van der Waals surface area contributed by atoms with Gasteiger partial charge in [0.1, 0.15) is 0 Å². The van der Waals surface area contributed by atoms with Gasteiger partial charge in [-0.25, -0.2) is 4.79 Å². The monoisotopic (exact) mass is 305 g/mol. The molecule has 1 heterocycles. The van der Waals surface area contributed by atoms with E-state index in [4.69, 9.17) is 9.84 Å². The normalized spacial score (nSPS) is 15.4. The summed E-state index contributed by atoms with van der Waals surface area (Å²) in [5.74, 6) is -1.49. The summed E-state index contributed by atoms with van der Waals surface area (Å²) in [4.78, 5) is 36.5. The molecule has 1 aromatic rings. The van der Waals surface area contributed by atoms with Gasteiger partial charge in [-0.15, -0.1) is 0 Å². The first kappa shape index (κ1) is 16.0. The van der Waals surface area contributed by atoms with Crippen molar-refractivity contribution in [3.63, 3.8) is 0 Å². The molecule has 1 aliphatic rings. The molecule has 0 saturated carbocycles. The highest BCUT2D eigenvalue weighted by Gasteiger charge is 2.28. The summed E-state index contributed by atoms with van der Waals surface area (Å²) < 4.78 is 5.00. The van der Waals surface area contributed by atoms with E-state index in [0.29, 0.717) is 38.1 Å². The predicted molar refractivity (Wildman–Crippen MR) is 78.7 cm³/mol. The van der Waals surface area contributed by atoms with Gasteiger partial charge in [-0.1, -0.05) is 0 Å². The summed E-state index contributed by atoms with van der Waals surface area (Å²) in [6.07, 6.45) is 1.19. The van der Waals surface area contributed by atoms with Crippen LogP contribution in [0.1, 0.15) is 40.5 Å². The lowest BCUT2D eigenvalue weighted by Crippen LogP contribution is -2.40. The highest BCUT2D eigenvalue weighted by Crippen LogP contribution is 2.20. The third kappa shape index (κ3) is 3.63. The lowest BCUT2D eigenvalue weighted by atomic mass is 9.96. The number of hydrogen-bond acceptors (Lipinski definition) is 4. The van der Waals surface area contributed by atoms with Crippen LogP contribution in [-0.2, 0) is 9.53 Å². The van der Waals surface area contributed by atoms with Crippen molar-refractivity contribution in [2.75, 3.05) is 19.7 Å². The van der Waals surface area contributed by atoms with Gasteiger partial charge in [0.15, 0.2) is 0 Å². The average Bonchev–Trinajstić information content (AvgIpc) is 2.54. The van der Waals surface area contributed by atoms with E-state index in [1.54, 1.807) is 11.8 Å². The molecule has 1 fully saturated rings. The summed E-state index contributed by atoms with van der Waals surface area (Å²) in [6, 6.07) is 5.87. The molecular weight excluding hydrogens is 286 g/mol. The van der Waals surface area contributed by atoms with Crippen LogP contribution in [0.4, 0.5) is 0 Å². The van der Waals surface area contributed by atoms with Crippen molar-refractivity contribution in [1.29, 1.82) is 0 Å². The molecule has 2 rings (SSSR count). The minimum absolute atomic E-state index is 0.140. The molecule has 0 aromatic heterocycles. The minimum Gasteiger partial charge on any atom is -0.478 e. The summed E-state index contributed by atoms with van der Waals surface area (Å²) in [5.41, 5.74) is 0.608. The van der Waals surface area contributed by atoms with Crippen molar-refractivity contribution in [2.24, 2.45) is 5.92 Å². The molecule has 1 aromatic carbocycles. The van der Waals surface area contributed by atoms with Gasteiger partial charge in [0.2, 0.25) is 0 Å². The second-order valence-corrected chi connectivity index (χ2v) is 5.20. The van der Waals surface area contributed by atoms with Crippen LogP contribution >= 0.6 is 0 Å². The lowest BCUT2D eigenvalue weighted by Gasteiger charge is -2.31. The Morgan fingerprint density at radius 3 is 2.18 bits per heavy atom. The van der Waals surface area contributed by atoms with Gasteiger partial charge in [-0.05, 0) is 44.0 Å². The Morgan fingerprint density at radius 1 is 1.14 bits per heavy atom. The topological polar surface area (TPSA) is 83.9 Å². The van der Waals surface area contributed by atoms with Gasteiger partial charge in [0.05, 0.1) is 18.1 Å². The Morgan fingerprint density at radius 2 is 1.68 bits per heavy atom. The minimum atomic E-state index is -1.02. The molecule has 0 unspecified atom stereocenters. The first-order valence-corrected chi connectivity index (χ1v) is 7.32. The summed E-state index contributed by atoms with van der Waals surface area (Å²) in [6.45, 7) is 3.15. The fraction of sp³-hybridized carbons (Fsp3) is 0.438. The maximum Gasteiger partial charge on any atom is 0.335 e. The molecule has 22 heavy (non-hydrogen) atoms. The second kappa shape index (κ2) is 7.06. The van der Waals surface area contributed by atoms with Crippen molar-refractivity contribution >= 4 is 17.8 Å². The van der Waals surface area contributed by atoms with Crippen LogP contribution in [0.3, 0.4) is 0 Å². The van der Waals surface area contributed by atoms with Gasteiger partial charge in [-0.3, -0.25) is 9.59 Å². The maximum absolute atomic E-state index is 12.3. The highest BCUT2D eigenvalue weighted by atomic mass is 16.5. The quantitative estimate of drug-likeness (QED) is 0.858. The number of esters is 1. The third-order valence-corrected chi connectivity index (χ3v) is 3.78. The van der Waals surface area contributed by atoms with E-state index in [-0.39, 0.29) is 23.4 Å². The van der Waals surface area contributed by atoms with Crippen molar-refractivity contribution in [3.8, 4) is 0 Å². The van der Waals surface area contributed by atoms with E-state index < -0.39 is 5.97 Å². The van der Waals surface area contributed by atoms with Crippen molar-refractivity contribution < 1.29 is 24.2 Å². The first-order chi connectivity index (χ1) is 10.5.